The minimum absolute atomic E-state index is 0.210. The van der Waals surface area contributed by atoms with Gasteiger partial charge in [-0.3, -0.25) is 14.3 Å². The Hall–Kier alpha value is -2.87. The van der Waals surface area contributed by atoms with Crippen LogP contribution in [0, 0.1) is 0 Å². The molecule has 0 aliphatic rings. The Bertz CT molecular complexity index is 1030. The maximum absolute atomic E-state index is 12.0. The van der Waals surface area contributed by atoms with E-state index >= 15 is 0 Å². The first-order valence-corrected chi connectivity index (χ1v) is 8.17. The molecule has 0 radical (unpaired) electrons. The van der Waals surface area contributed by atoms with Crippen LogP contribution in [0.15, 0.2) is 33.9 Å². The molecule has 25 heavy (non-hydrogen) atoms. The van der Waals surface area contributed by atoms with Crippen LogP contribution in [-0.2, 0) is 20.5 Å². The predicted octanol–water partition coefficient (Wildman–Crippen LogP) is 0.635. The molecule has 1 aromatic carbocycles. The van der Waals surface area contributed by atoms with E-state index in [0.717, 1.165) is 12.0 Å². The van der Waals surface area contributed by atoms with Crippen molar-refractivity contribution in [2.24, 2.45) is 19.8 Å². The van der Waals surface area contributed by atoms with Crippen LogP contribution in [0.3, 0.4) is 0 Å². The lowest BCUT2D eigenvalue weighted by molar-refractivity contribution is 0.741. The fourth-order valence-electron chi connectivity index (χ4n) is 3.00. The van der Waals surface area contributed by atoms with Gasteiger partial charge in [0.1, 0.15) is 0 Å². The molecule has 132 valence electrons. The topological polar surface area (TPSA) is 111 Å². The van der Waals surface area contributed by atoms with E-state index in [-0.39, 0.29) is 6.04 Å². The number of nitrogens with one attached hydrogen (secondary N) is 2. The smallest absolute Gasteiger partial charge is 0.329 e. The van der Waals surface area contributed by atoms with Crippen molar-refractivity contribution in [2.45, 2.75) is 19.4 Å². The van der Waals surface area contributed by atoms with E-state index in [0.29, 0.717) is 23.7 Å². The third-order valence-corrected chi connectivity index (χ3v) is 4.45. The van der Waals surface area contributed by atoms with Gasteiger partial charge in [-0.25, -0.2) is 4.79 Å². The molecule has 1 atom stereocenters. The van der Waals surface area contributed by atoms with Crippen LogP contribution in [-0.4, -0.2) is 25.6 Å². The molecule has 2 aromatic heterocycles. The summed E-state index contributed by atoms with van der Waals surface area (Å²) in [4.78, 5) is 30.4. The molecule has 0 saturated heterocycles. The summed E-state index contributed by atoms with van der Waals surface area (Å²) < 4.78 is 2.94. The van der Waals surface area contributed by atoms with Gasteiger partial charge in [0, 0.05) is 26.7 Å². The number of aryl methyl sites for hydroxylation is 3. The van der Waals surface area contributed by atoms with Crippen molar-refractivity contribution in [1.29, 1.82) is 0 Å². The number of imidazole rings is 1. The van der Waals surface area contributed by atoms with Gasteiger partial charge in [-0.05, 0) is 17.5 Å². The highest BCUT2D eigenvalue weighted by molar-refractivity contribution is 5.73. The highest BCUT2D eigenvalue weighted by Crippen LogP contribution is 2.18. The van der Waals surface area contributed by atoms with Gasteiger partial charge in [0.05, 0.1) is 0 Å². The van der Waals surface area contributed by atoms with Crippen LogP contribution in [0.4, 0.5) is 5.95 Å². The van der Waals surface area contributed by atoms with E-state index in [1.165, 1.54) is 10.1 Å². The monoisotopic (exact) mass is 342 g/mol. The molecule has 0 amide bonds. The Balaban J connectivity index is 1.90. The summed E-state index contributed by atoms with van der Waals surface area (Å²) in [7, 11) is 3.30. The molecule has 0 spiro atoms. The van der Waals surface area contributed by atoms with Gasteiger partial charge in [-0.15, -0.1) is 0 Å². The van der Waals surface area contributed by atoms with Gasteiger partial charge in [0.15, 0.2) is 11.2 Å². The number of hydrogen-bond acceptors (Lipinski definition) is 5. The van der Waals surface area contributed by atoms with Crippen molar-refractivity contribution >= 4 is 17.1 Å². The molecule has 8 heteroatoms. The molecule has 0 fully saturated rings. The minimum atomic E-state index is -0.490. The number of nitrogens with two attached hydrogens (primary N) is 1. The van der Waals surface area contributed by atoms with Crippen LogP contribution in [0.5, 0.6) is 0 Å². The minimum Gasteiger partial charge on any atom is -0.354 e. The number of anilines is 1. The lowest BCUT2D eigenvalue weighted by Crippen LogP contribution is -2.29. The number of rotatable bonds is 5. The second kappa shape index (κ2) is 6.56. The molecule has 1 unspecified atom stereocenters. The second-order valence-corrected chi connectivity index (χ2v) is 6.02. The molecule has 3 rings (SSSR count). The summed E-state index contributed by atoms with van der Waals surface area (Å²) in [6.45, 7) is 2.55. The molecule has 0 aliphatic carbocycles. The number of H-pyrrole nitrogens is 1. The normalized spacial score (nSPS) is 12.5. The number of benzene rings is 1. The maximum atomic E-state index is 12.0. The van der Waals surface area contributed by atoms with Gasteiger partial charge < -0.3 is 15.6 Å². The highest BCUT2D eigenvalue weighted by Gasteiger charge is 2.16. The molecule has 3 aromatic rings. The fourth-order valence-corrected chi connectivity index (χ4v) is 3.00. The second-order valence-electron chi connectivity index (χ2n) is 6.02. The number of nitrogens with zero attached hydrogens (tertiary/aromatic N) is 3. The largest absolute Gasteiger partial charge is 0.354 e. The van der Waals surface area contributed by atoms with E-state index in [1.54, 1.807) is 18.7 Å². The molecule has 4 N–H and O–H groups in total. The molecular formula is C17H22N6O2. The summed E-state index contributed by atoms with van der Waals surface area (Å²) in [6, 6.07) is 7.85. The Kier molecular flexibility index (Phi) is 4.45. The number of aromatic amines is 1. The molecule has 0 bridgehead atoms. The zero-order valence-electron chi connectivity index (χ0n) is 14.5. The average molecular weight is 342 g/mol. The quantitative estimate of drug-likeness (QED) is 0.630. The fraction of sp³-hybridized carbons (Fsp3) is 0.353. The number of fused-ring (bicyclic) bond motifs is 1. The Morgan fingerprint density at radius 1 is 1.24 bits per heavy atom. The van der Waals surface area contributed by atoms with Crippen LogP contribution < -0.4 is 22.3 Å². The highest BCUT2D eigenvalue weighted by atomic mass is 16.2. The van der Waals surface area contributed by atoms with Crippen molar-refractivity contribution in [1.82, 2.24) is 19.1 Å². The number of aromatic nitrogens is 4. The summed E-state index contributed by atoms with van der Waals surface area (Å²) in [5, 5.41) is 3.18. The van der Waals surface area contributed by atoms with E-state index in [2.05, 4.69) is 28.3 Å². The van der Waals surface area contributed by atoms with Crippen LogP contribution in [0.1, 0.15) is 24.1 Å². The van der Waals surface area contributed by atoms with Gasteiger partial charge >= 0.3 is 5.69 Å². The molecular weight excluding hydrogens is 320 g/mol. The Labute approximate surface area is 144 Å². The van der Waals surface area contributed by atoms with Crippen molar-refractivity contribution < 1.29 is 0 Å². The van der Waals surface area contributed by atoms with Gasteiger partial charge in [0.2, 0.25) is 5.95 Å². The predicted molar refractivity (Wildman–Crippen MR) is 97.8 cm³/mol. The third kappa shape index (κ3) is 2.96. The molecule has 8 nitrogen and oxygen atoms in total. The van der Waals surface area contributed by atoms with Gasteiger partial charge in [-0.1, -0.05) is 31.2 Å². The van der Waals surface area contributed by atoms with Crippen molar-refractivity contribution in [3.05, 3.63) is 56.2 Å². The molecule has 0 aliphatic heterocycles. The zero-order chi connectivity index (χ0) is 18.1. The third-order valence-electron chi connectivity index (χ3n) is 4.45. The van der Waals surface area contributed by atoms with Crippen molar-refractivity contribution in [2.75, 3.05) is 11.9 Å². The van der Waals surface area contributed by atoms with E-state index < -0.39 is 11.2 Å². The summed E-state index contributed by atoms with van der Waals surface area (Å²) >= 11 is 0. The van der Waals surface area contributed by atoms with E-state index in [1.807, 2.05) is 18.2 Å². The van der Waals surface area contributed by atoms with E-state index in [4.69, 9.17) is 5.73 Å². The molecule has 0 saturated carbocycles. The van der Waals surface area contributed by atoms with Crippen LogP contribution in [0.2, 0.25) is 0 Å². The first-order chi connectivity index (χ1) is 11.9. The number of hydrogen-bond donors (Lipinski definition) is 3. The van der Waals surface area contributed by atoms with Gasteiger partial charge in [-0.2, -0.15) is 4.98 Å². The van der Waals surface area contributed by atoms with Crippen molar-refractivity contribution in [3.8, 4) is 0 Å². The summed E-state index contributed by atoms with van der Waals surface area (Å²) in [5.74, 6) is 0.492. The lowest BCUT2D eigenvalue weighted by atomic mass is 9.99. The zero-order valence-corrected chi connectivity index (χ0v) is 14.5. The maximum Gasteiger partial charge on any atom is 0.329 e. The van der Waals surface area contributed by atoms with Crippen molar-refractivity contribution in [3.63, 3.8) is 0 Å². The van der Waals surface area contributed by atoms with Gasteiger partial charge in [0.25, 0.3) is 5.56 Å². The van der Waals surface area contributed by atoms with Crippen LogP contribution >= 0.6 is 0 Å². The lowest BCUT2D eigenvalue weighted by Gasteiger charge is -2.16. The Morgan fingerprint density at radius 3 is 2.68 bits per heavy atom. The van der Waals surface area contributed by atoms with E-state index in [9.17, 15) is 9.59 Å². The SMILES string of the molecule is CCc1ccccc1C(N)CNc1nc2c(c(=O)[nH]c(=O)n2C)n1C. The first-order valence-electron chi connectivity index (χ1n) is 8.17. The molecule has 2 heterocycles. The Morgan fingerprint density at radius 2 is 1.96 bits per heavy atom. The summed E-state index contributed by atoms with van der Waals surface area (Å²) in [6.07, 6.45) is 0.910. The summed E-state index contributed by atoms with van der Waals surface area (Å²) in [5.41, 5.74) is 8.35. The average Bonchev–Trinajstić information content (AvgIpc) is 2.95. The first kappa shape index (κ1) is 17.0. The van der Waals surface area contributed by atoms with Crippen LogP contribution in [0.25, 0.3) is 11.2 Å². The standard InChI is InChI=1S/C17H22N6O2/c1-4-10-7-5-6-8-11(10)12(18)9-19-16-20-14-13(22(16)2)15(24)21-17(25)23(14)3/h5-8,12H,4,9,18H2,1-3H3,(H,19,20)(H,21,24,25).